The van der Waals surface area contributed by atoms with E-state index in [2.05, 4.69) is 20.3 Å². The zero-order valence-corrected chi connectivity index (χ0v) is 20.8. The molecule has 12 heteroatoms. The van der Waals surface area contributed by atoms with E-state index in [0.29, 0.717) is 17.7 Å². The number of anilines is 2. The number of ketones is 1. The van der Waals surface area contributed by atoms with Gasteiger partial charge in [0.25, 0.3) is 0 Å². The SMILES string of the molecule is C=S1(=O)N=C(C2C(=O)C[C@H](CC)N(Cc3ccc(F)cc3)C2=O)Nc2ccc(NS(C)(=O)=O)cc21. The number of amides is 1. The number of fused-ring (bicyclic) bond motifs is 1. The first-order chi connectivity index (χ1) is 16.4. The Morgan fingerprint density at radius 2 is 1.91 bits per heavy atom. The molecule has 9 nitrogen and oxygen atoms in total. The summed E-state index contributed by atoms with van der Waals surface area (Å²) in [5.41, 5.74) is 1.21. The van der Waals surface area contributed by atoms with Crippen LogP contribution in [-0.2, 0) is 35.9 Å². The van der Waals surface area contributed by atoms with E-state index in [-0.39, 0.29) is 41.2 Å². The van der Waals surface area contributed by atoms with Crippen molar-refractivity contribution in [3.05, 3.63) is 53.8 Å². The Balaban J connectivity index is 1.67. The van der Waals surface area contributed by atoms with Crippen LogP contribution in [0.5, 0.6) is 0 Å². The van der Waals surface area contributed by atoms with Crippen molar-refractivity contribution in [1.82, 2.24) is 4.90 Å². The van der Waals surface area contributed by atoms with Crippen molar-refractivity contribution in [1.29, 1.82) is 0 Å². The molecule has 2 heterocycles. The number of sulfonamides is 1. The summed E-state index contributed by atoms with van der Waals surface area (Å²) < 4.78 is 56.2. The zero-order valence-electron chi connectivity index (χ0n) is 19.2. The highest BCUT2D eigenvalue weighted by Gasteiger charge is 2.44. The average Bonchev–Trinajstić information content (AvgIpc) is 2.76. The number of benzene rings is 2. The Morgan fingerprint density at radius 1 is 1.23 bits per heavy atom. The molecular weight excluding hydrogens is 495 g/mol. The van der Waals surface area contributed by atoms with Gasteiger partial charge in [-0.1, -0.05) is 19.1 Å². The van der Waals surface area contributed by atoms with Crippen molar-refractivity contribution in [2.45, 2.75) is 37.2 Å². The number of rotatable bonds is 6. The molecule has 2 aromatic carbocycles. The molecule has 0 radical (unpaired) electrons. The van der Waals surface area contributed by atoms with Crippen molar-refractivity contribution in [2.24, 2.45) is 10.3 Å². The van der Waals surface area contributed by atoms with Crippen molar-refractivity contribution < 1.29 is 26.6 Å². The topological polar surface area (TPSA) is 125 Å². The molecule has 0 aromatic heterocycles. The Kier molecular flexibility index (Phi) is 6.45. The molecule has 4 rings (SSSR count). The van der Waals surface area contributed by atoms with Gasteiger partial charge in [0.15, 0.2) is 11.7 Å². The fourth-order valence-corrected chi connectivity index (χ4v) is 6.13. The summed E-state index contributed by atoms with van der Waals surface area (Å²) in [6, 6.07) is 9.76. The van der Waals surface area contributed by atoms with Gasteiger partial charge in [0.2, 0.25) is 15.9 Å². The van der Waals surface area contributed by atoms with Crippen LogP contribution < -0.4 is 10.0 Å². The van der Waals surface area contributed by atoms with Crippen LogP contribution in [0.2, 0.25) is 0 Å². The number of amidine groups is 1. The molecular formula is C23H25FN4O5S2. The molecule has 0 saturated carbocycles. The van der Waals surface area contributed by atoms with E-state index in [0.717, 1.165) is 6.26 Å². The number of Topliss-reactive ketones (excluding diaryl/α,β-unsaturated/α-hetero) is 1. The molecule has 2 N–H and O–H groups in total. The van der Waals surface area contributed by atoms with Crippen LogP contribution in [0.4, 0.5) is 15.8 Å². The Labute approximate surface area is 203 Å². The Morgan fingerprint density at radius 3 is 2.54 bits per heavy atom. The molecule has 1 amide bonds. The molecule has 2 aromatic rings. The second-order valence-electron chi connectivity index (χ2n) is 8.59. The molecule has 2 aliphatic rings. The largest absolute Gasteiger partial charge is 0.341 e. The number of halogens is 1. The second-order valence-corrected chi connectivity index (χ2v) is 12.2. The first-order valence-corrected chi connectivity index (χ1v) is 14.4. The maximum atomic E-state index is 13.5. The van der Waals surface area contributed by atoms with Gasteiger partial charge in [-0.25, -0.2) is 17.0 Å². The summed E-state index contributed by atoms with van der Waals surface area (Å²) in [6.07, 6.45) is 1.64. The fraction of sp³-hybridized carbons (Fsp3) is 0.304. The number of piperidine rings is 1. The fourth-order valence-electron chi connectivity index (χ4n) is 4.23. The van der Waals surface area contributed by atoms with Crippen LogP contribution in [0.3, 0.4) is 0 Å². The summed E-state index contributed by atoms with van der Waals surface area (Å²) in [5.74, 6) is 1.10. The Hall–Kier alpha value is -3.25. The van der Waals surface area contributed by atoms with E-state index < -0.39 is 37.4 Å². The first-order valence-electron chi connectivity index (χ1n) is 10.8. The van der Waals surface area contributed by atoms with Crippen molar-refractivity contribution >= 4 is 54.5 Å². The first kappa shape index (κ1) is 24.9. The molecule has 186 valence electrons. The average molecular weight is 521 g/mol. The van der Waals surface area contributed by atoms with Crippen LogP contribution in [-0.4, -0.2) is 53.2 Å². The molecule has 0 aliphatic carbocycles. The molecule has 1 fully saturated rings. The van der Waals surface area contributed by atoms with Gasteiger partial charge in [-0.15, -0.1) is 0 Å². The number of likely N-dealkylation sites (tertiary alicyclic amines) is 1. The van der Waals surface area contributed by atoms with Crippen LogP contribution in [0.1, 0.15) is 25.3 Å². The summed E-state index contributed by atoms with van der Waals surface area (Å²) in [4.78, 5) is 28.3. The van der Waals surface area contributed by atoms with Gasteiger partial charge in [-0.3, -0.25) is 14.3 Å². The molecule has 0 bridgehead atoms. The van der Waals surface area contributed by atoms with Crippen LogP contribution in [0.15, 0.2) is 51.8 Å². The van der Waals surface area contributed by atoms with E-state index in [4.69, 9.17) is 0 Å². The predicted molar refractivity (Wildman–Crippen MR) is 134 cm³/mol. The second kappa shape index (κ2) is 9.08. The van der Waals surface area contributed by atoms with Gasteiger partial charge in [0, 0.05) is 24.7 Å². The summed E-state index contributed by atoms with van der Waals surface area (Å²) in [5, 5.41) is 2.93. The minimum atomic E-state index is -3.56. The maximum absolute atomic E-state index is 13.5. The lowest BCUT2D eigenvalue weighted by Crippen LogP contribution is -2.55. The Bertz CT molecular complexity index is 1440. The van der Waals surface area contributed by atoms with E-state index in [9.17, 15) is 26.6 Å². The lowest BCUT2D eigenvalue weighted by molar-refractivity contribution is -0.146. The standard InChI is InChI=1S/C23H25FN4O5S2/c1-4-17-12-19(29)21(23(30)28(17)13-14-5-7-15(24)8-6-14)22-25-18-10-9-16(26-35(3,32)33)11-20(18)34(2,31)27-22/h5-11,17,21,26H,2,4,12-13H2,1,3H3,(H,25,27,31)/t17-,21?,34?/m0/s1. The zero-order chi connectivity index (χ0) is 25.5. The molecule has 35 heavy (non-hydrogen) atoms. The minimum absolute atomic E-state index is 0.0602. The third kappa shape index (κ3) is 5.22. The van der Waals surface area contributed by atoms with Crippen molar-refractivity contribution in [2.75, 3.05) is 16.3 Å². The highest BCUT2D eigenvalue weighted by atomic mass is 32.2. The summed E-state index contributed by atoms with van der Waals surface area (Å²) >= 11 is 0. The van der Waals surface area contributed by atoms with Gasteiger partial charge in [-0.05, 0) is 48.2 Å². The smallest absolute Gasteiger partial charge is 0.241 e. The van der Waals surface area contributed by atoms with E-state index in [1.165, 1.54) is 30.3 Å². The van der Waals surface area contributed by atoms with Gasteiger partial charge in [-0.2, -0.15) is 4.40 Å². The molecule has 0 spiro atoms. The van der Waals surface area contributed by atoms with Crippen LogP contribution in [0.25, 0.3) is 0 Å². The molecule has 2 unspecified atom stereocenters. The highest BCUT2D eigenvalue weighted by Crippen LogP contribution is 2.34. The summed E-state index contributed by atoms with van der Waals surface area (Å²) in [7, 11) is -6.90. The van der Waals surface area contributed by atoms with Gasteiger partial charge in [0.1, 0.15) is 11.7 Å². The number of nitrogens with one attached hydrogen (secondary N) is 2. The van der Waals surface area contributed by atoms with E-state index in [1.54, 1.807) is 17.0 Å². The quantitative estimate of drug-likeness (QED) is 0.445. The minimum Gasteiger partial charge on any atom is -0.341 e. The molecule has 2 aliphatic heterocycles. The highest BCUT2D eigenvalue weighted by molar-refractivity contribution is 7.99. The third-order valence-corrected chi connectivity index (χ3v) is 8.00. The molecule has 3 atom stereocenters. The van der Waals surface area contributed by atoms with Crippen LogP contribution >= 0.6 is 0 Å². The van der Waals surface area contributed by atoms with E-state index >= 15 is 0 Å². The lowest BCUT2D eigenvalue weighted by atomic mass is 9.87. The van der Waals surface area contributed by atoms with Gasteiger partial charge >= 0.3 is 0 Å². The van der Waals surface area contributed by atoms with E-state index in [1.807, 2.05) is 6.92 Å². The van der Waals surface area contributed by atoms with Gasteiger partial charge in [0.05, 0.1) is 26.5 Å². The predicted octanol–water partition coefficient (Wildman–Crippen LogP) is 2.41. The summed E-state index contributed by atoms with van der Waals surface area (Å²) in [6.45, 7) is 2.06. The number of hydrogen-bond donors (Lipinski definition) is 2. The normalized spacial score (nSPS) is 24.4. The maximum Gasteiger partial charge on any atom is 0.241 e. The monoisotopic (exact) mass is 520 g/mol. The third-order valence-electron chi connectivity index (χ3n) is 5.88. The van der Waals surface area contributed by atoms with Crippen LogP contribution in [0, 0.1) is 11.7 Å². The number of nitrogens with zero attached hydrogens (tertiary/aromatic N) is 2. The van der Waals surface area contributed by atoms with Crippen molar-refractivity contribution in [3.63, 3.8) is 0 Å². The lowest BCUT2D eigenvalue weighted by Gasteiger charge is -2.39. The number of carbonyl (C=O) groups excluding carboxylic acids is 2. The molecule has 1 saturated heterocycles. The van der Waals surface area contributed by atoms with Gasteiger partial charge < -0.3 is 10.2 Å². The number of carbonyl (C=O) groups is 2. The number of hydrogen-bond acceptors (Lipinski definition) is 6. The van der Waals surface area contributed by atoms with Crippen molar-refractivity contribution in [3.8, 4) is 0 Å².